The number of aromatic nitrogens is 2. The van der Waals surface area contributed by atoms with E-state index < -0.39 is 0 Å². The lowest BCUT2D eigenvalue weighted by Gasteiger charge is -2.08. The summed E-state index contributed by atoms with van der Waals surface area (Å²) in [5.74, 6) is 1.30. The van der Waals surface area contributed by atoms with Crippen molar-refractivity contribution in [3.8, 4) is 17.6 Å². The van der Waals surface area contributed by atoms with E-state index in [1.807, 2.05) is 40.0 Å². The third kappa shape index (κ3) is 2.07. The van der Waals surface area contributed by atoms with Crippen LogP contribution in [0.5, 0.6) is 11.5 Å². The zero-order valence-corrected chi connectivity index (χ0v) is 11.0. The average Bonchev–Trinajstić information content (AvgIpc) is 2.56. The Bertz CT molecular complexity index is 635. The summed E-state index contributed by atoms with van der Waals surface area (Å²) in [5, 5.41) is 13.4. The Balaban J connectivity index is 2.46. The van der Waals surface area contributed by atoms with Gasteiger partial charge in [-0.05, 0) is 38.5 Å². The lowest BCUT2D eigenvalue weighted by atomic mass is 10.1. The predicted molar refractivity (Wildman–Crippen MR) is 68.7 cm³/mol. The van der Waals surface area contributed by atoms with Gasteiger partial charge in [-0.1, -0.05) is 6.07 Å². The number of hydrogen-bond donors (Lipinski definition) is 0. The molecular formula is C14H15N3O. The van der Waals surface area contributed by atoms with E-state index >= 15 is 0 Å². The molecule has 0 aliphatic carbocycles. The molecule has 0 saturated carbocycles. The van der Waals surface area contributed by atoms with E-state index in [-0.39, 0.29) is 0 Å². The summed E-state index contributed by atoms with van der Waals surface area (Å²) in [7, 11) is 1.87. The first-order chi connectivity index (χ1) is 8.52. The molecule has 0 atom stereocenters. The lowest BCUT2D eigenvalue weighted by Crippen LogP contribution is -1.94. The van der Waals surface area contributed by atoms with E-state index in [9.17, 15) is 0 Å². The van der Waals surface area contributed by atoms with Crippen LogP contribution in [-0.4, -0.2) is 9.78 Å². The SMILES string of the molecule is Cc1ccc(C#N)c(Oc2c(C)nn(C)c2C)c1. The van der Waals surface area contributed by atoms with Crippen molar-refractivity contribution < 1.29 is 4.74 Å². The molecule has 0 spiro atoms. The second-order valence-corrected chi connectivity index (χ2v) is 4.34. The summed E-state index contributed by atoms with van der Waals surface area (Å²) in [6.45, 7) is 5.80. The molecule has 0 radical (unpaired) electrons. The lowest BCUT2D eigenvalue weighted by molar-refractivity contribution is 0.472. The van der Waals surface area contributed by atoms with Gasteiger partial charge in [-0.15, -0.1) is 0 Å². The first-order valence-electron chi connectivity index (χ1n) is 5.71. The van der Waals surface area contributed by atoms with E-state index in [2.05, 4.69) is 11.2 Å². The smallest absolute Gasteiger partial charge is 0.171 e. The zero-order chi connectivity index (χ0) is 13.3. The van der Waals surface area contributed by atoms with Gasteiger partial charge in [0.15, 0.2) is 5.75 Å². The van der Waals surface area contributed by atoms with Crippen LogP contribution >= 0.6 is 0 Å². The zero-order valence-electron chi connectivity index (χ0n) is 11.0. The molecule has 2 rings (SSSR count). The van der Waals surface area contributed by atoms with Crippen molar-refractivity contribution in [3.05, 3.63) is 40.7 Å². The molecule has 18 heavy (non-hydrogen) atoms. The number of nitriles is 1. The van der Waals surface area contributed by atoms with Crippen molar-refractivity contribution in [3.63, 3.8) is 0 Å². The van der Waals surface area contributed by atoms with Crippen molar-refractivity contribution in [1.82, 2.24) is 9.78 Å². The molecule has 0 aliphatic heterocycles. The topological polar surface area (TPSA) is 50.8 Å². The fraction of sp³-hybridized carbons (Fsp3) is 0.286. The molecule has 92 valence electrons. The summed E-state index contributed by atoms with van der Waals surface area (Å²) in [6, 6.07) is 7.67. The van der Waals surface area contributed by atoms with E-state index in [4.69, 9.17) is 10.00 Å². The normalized spacial score (nSPS) is 10.2. The highest BCUT2D eigenvalue weighted by molar-refractivity contribution is 5.48. The van der Waals surface area contributed by atoms with Gasteiger partial charge < -0.3 is 4.74 Å². The third-order valence-corrected chi connectivity index (χ3v) is 2.91. The van der Waals surface area contributed by atoms with Gasteiger partial charge in [0.2, 0.25) is 0 Å². The summed E-state index contributed by atoms with van der Waals surface area (Å²) < 4.78 is 7.63. The van der Waals surface area contributed by atoms with Gasteiger partial charge in [0.25, 0.3) is 0 Å². The number of rotatable bonds is 2. The minimum atomic E-state index is 0.531. The summed E-state index contributed by atoms with van der Waals surface area (Å²) in [4.78, 5) is 0. The maximum Gasteiger partial charge on any atom is 0.171 e. The molecular weight excluding hydrogens is 226 g/mol. The highest BCUT2D eigenvalue weighted by atomic mass is 16.5. The fourth-order valence-electron chi connectivity index (χ4n) is 1.82. The molecule has 1 aromatic heterocycles. The predicted octanol–water partition coefficient (Wildman–Crippen LogP) is 3.01. The molecule has 1 aromatic carbocycles. The standard InChI is InChI=1S/C14H15N3O/c1-9-5-6-12(8-15)13(7-9)18-14-10(2)16-17(4)11(14)3/h5-7H,1-4H3. The highest BCUT2D eigenvalue weighted by Crippen LogP contribution is 2.30. The Kier molecular flexibility index (Phi) is 3.07. The Morgan fingerprint density at radius 1 is 1.28 bits per heavy atom. The Labute approximate surface area is 106 Å². The van der Waals surface area contributed by atoms with Gasteiger partial charge in [0.1, 0.15) is 17.5 Å². The van der Waals surface area contributed by atoms with Gasteiger partial charge in [-0.25, -0.2) is 0 Å². The van der Waals surface area contributed by atoms with Crippen LogP contribution in [0.15, 0.2) is 18.2 Å². The van der Waals surface area contributed by atoms with Crippen molar-refractivity contribution in [1.29, 1.82) is 5.26 Å². The van der Waals surface area contributed by atoms with Crippen LogP contribution in [0.3, 0.4) is 0 Å². The minimum absolute atomic E-state index is 0.531. The summed E-state index contributed by atoms with van der Waals surface area (Å²) in [5.41, 5.74) is 3.35. The first kappa shape index (κ1) is 12.2. The highest BCUT2D eigenvalue weighted by Gasteiger charge is 2.13. The Morgan fingerprint density at radius 2 is 2.00 bits per heavy atom. The molecule has 0 aliphatic rings. The third-order valence-electron chi connectivity index (χ3n) is 2.91. The molecule has 0 fully saturated rings. The maximum atomic E-state index is 9.08. The van der Waals surface area contributed by atoms with Crippen LogP contribution in [0, 0.1) is 32.1 Å². The maximum absolute atomic E-state index is 9.08. The van der Waals surface area contributed by atoms with Crippen molar-refractivity contribution >= 4 is 0 Å². The van der Waals surface area contributed by atoms with Crippen LogP contribution < -0.4 is 4.74 Å². The number of benzene rings is 1. The van der Waals surface area contributed by atoms with Crippen molar-refractivity contribution in [2.75, 3.05) is 0 Å². The second-order valence-electron chi connectivity index (χ2n) is 4.34. The van der Waals surface area contributed by atoms with Gasteiger partial charge in [-0.3, -0.25) is 4.68 Å². The molecule has 4 nitrogen and oxygen atoms in total. The van der Waals surface area contributed by atoms with Crippen LogP contribution in [0.1, 0.15) is 22.5 Å². The first-order valence-corrected chi connectivity index (χ1v) is 5.71. The van der Waals surface area contributed by atoms with Crippen molar-refractivity contribution in [2.45, 2.75) is 20.8 Å². The van der Waals surface area contributed by atoms with Gasteiger partial charge in [0.05, 0.1) is 11.3 Å². The molecule has 2 aromatic rings. The largest absolute Gasteiger partial charge is 0.452 e. The molecule has 0 unspecified atom stereocenters. The van der Waals surface area contributed by atoms with Crippen LogP contribution in [0.25, 0.3) is 0 Å². The van der Waals surface area contributed by atoms with Gasteiger partial charge in [-0.2, -0.15) is 10.4 Å². The minimum Gasteiger partial charge on any atom is -0.452 e. The number of ether oxygens (including phenoxy) is 1. The Hall–Kier alpha value is -2.28. The van der Waals surface area contributed by atoms with Crippen LogP contribution in [-0.2, 0) is 7.05 Å². The molecule has 0 N–H and O–H groups in total. The molecule has 1 heterocycles. The van der Waals surface area contributed by atoms with E-state index in [1.165, 1.54) is 0 Å². The number of aryl methyl sites for hydroxylation is 3. The molecule has 0 bridgehead atoms. The molecule has 4 heteroatoms. The van der Waals surface area contributed by atoms with E-state index in [0.29, 0.717) is 11.3 Å². The summed E-state index contributed by atoms with van der Waals surface area (Å²) >= 11 is 0. The van der Waals surface area contributed by atoms with Crippen LogP contribution in [0.4, 0.5) is 0 Å². The number of nitrogens with zero attached hydrogens (tertiary/aromatic N) is 3. The second kappa shape index (κ2) is 4.53. The quantitative estimate of drug-likeness (QED) is 0.812. The summed E-state index contributed by atoms with van der Waals surface area (Å²) in [6.07, 6.45) is 0. The molecule has 0 saturated heterocycles. The average molecular weight is 241 g/mol. The van der Waals surface area contributed by atoms with E-state index in [1.54, 1.807) is 10.7 Å². The number of hydrogen-bond acceptors (Lipinski definition) is 3. The molecule has 0 amide bonds. The Morgan fingerprint density at radius 3 is 2.56 bits per heavy atom. The van der Waals surface area contributed by atoms with Gasteiger partial charge >= 0.3 is 0 Å². The monoisotopic (exact) mass is 241 g/mol. The van der Waals surface area contributed by atoms with Gasteiger partial charge in [0, 0.05) is 7.05 Å². The van der Waals surface area contributed by atoms with Crippen LogP contribution in [0.2, 0.25) is 0 Å². The van der Waals surface area contributed by atoms with Crippen molar-refractivity contribution in [2.24, 2.45) is 7.05 Å². The fourth-order valence-corrected chi connectivity index (χ4v) is 1.82. The van der Waals surface area contributed by atoms with E-state index in [0.717, 1.165) is 22.7 Å².